The topological polar surface area (TPSA) is 64.3 Å². The van der Waals surface area contributed by atoms with Gasteiger partial charge in [0.05, 0.1) is 4.47 Å². The minimum Gasteiger partial charge on any atom is -0.488 e. The summed E-state index contributed by atoms with van der Waals surface area (Å²) < 4.78 is 6.32. The molecule has 2 rings (SSSR count). The smallest absolute Gasteiger partial charge is 0.265 e. The largest absolute Gasteiger partial charge is 0.488 e. The first-order valence-electron chi connectivity index (χ1n) is 5.88. The summed E-state index contributed by atoms with van der Waals surface area (Å²) in [6.45, 7) is 0.289. The van der Waals surface area contributed by atoms with Gasteiger partial charge >= 0.3 is 0 Å². The highest BCUT2D eigenvalue weighted by atomic mass is 79.9. The number of carbonyl (C=O) groups excluding carboxylic acids is 1. The molecule has 0 saturated carbocycles. The zero-order valence-electron chi connectivity index (χ0n) is 10.7. The monoisotopic (exact) mass is 388 g/mol. The molecular weight excluding hydrogens is 379 g/mol. The van der Waals surface area contributed by atoms with E-state index in [-0.39, 0.29) is 12.5 Å². The molecule has 0 fully saturated rings. The zero-order chi connectivity index (χ0) is 15.4. The predicted molar refractivity (Wildman–Crippen MR) is 86.6 cm³/mol. The fourth-order valence-corrected chi connectivity index (χ4v) is 2.59. The summed E-state index contributed by atoms with van der Waals surface area (Å²) in [5.74, 6) is 5.30. The van der Waals surface area contributed by atoms with Gasteiger partial charge in [0.2, 0.25) is 0 Å². The van der Waals surface area contributed by atoms with E-state index in [1.54, 1.807) is 36.4 Å². The van der Waals surface area contributed by atoms with Crippen LogP contribution in [0.2, 0.25) is 10.0 Å². The number of nitrogens with one attached hydrogen (secondary N) is 1. The molecule has 0 bridgehead atoms. The number of rotatable bonds is 4. The van der Waals surface area contributed by atoms with Crippen LogP contribution in [0.15, 0.2) is 40.9 Å². The summed E-state index contributed by atoms with van der Waals surface area (Å²) in [6, 6.07) is 10.1. The Balaban J connectivity index is 2.11. The molecule has 2 aromatic carbocycles. The number of amides is 1. The quantitative estimate of drug-likeness (QED) is 0.473. The number of hydrogen-bond donors (Lipinski definition) is 2. The van der Waals surface area contributed by atoms with E-state index in [4.69, 9.17) is 33.8 Å². The lowest BCUT2D eigenvalue weighted by Gasteiger charge is -2.10. The number of ether oxygens (including phenoxy) is 1. The molecule has 110 valence electrons. The lowest BCUT2D eigenvalue weighted by atomic mass is 10.2. The van der Waals surface area contributed by atoms with Crippen LogP contribution >= 0.6 is 39.1 Å². The Hall–Kier alpha value is -1.27. The molecule has 2 aromatic rings. The van der Waals surface area contributed by atoms with E-state index in [9.17, 15) is 4.79 Å². The number of nitrogens with two attached hydrogens (primary N) is 1. The fraction of sp³-hybridized carbons (Fsp3) is 0.0714. The molecule has 0 spiro atoms. The number of benzene rings is 2. The van der Waals surface area contributed by atoms with E-state index in [1.165, 1.54) is 0 Å². The van der Waals surface area contributed by atoms with Crippen LogP contribution in [-0.2, 0) is 6.61 Å². The van der Waals surface area contributed by atoms with E-state index in [1.807, 2.05) is 0 Å². The van der Waals surface area contributed by atoms with E-state index < -0.39 is 0 Å². The maximum atomic E-state index is 11.4. The number of nitrogen functional groups attached to an aromatic ring is 1. The van der Waals surface area contributed by atoms with Crippen LogP contribution in [0.5, 0.6) is 5.75 Å². The van der Waals surface area contributed by atoms with E-state index in [0.29, 0.717) is 25.8 Å². The first-order chi connectivity index (χ1) is 10.0. The van der Waals surface area contributed by atoms with Gasteiger partial charge < -0.3 is 4.74 Å². The second kappa shape index (κ2) is 7.13. The molecule has 1 amide bonds. The van der Waals surface area contributed by atoms with Gasteiger partial charge in [-0.25, -0.2) is 5.84 Å². The van der Waals surface area contributed by atoms with E-state index in [2.05, 4.69) is 21.4 Å². The van der Waals surface area contributed by atoms with Crippen molar-refractivity contribution in [2.45, 2.75) is 6.61 Å². The summed E-state index contributed by atoms with van der Waals surface area (Å²) in [6.07, 6.45) is 0. The molecule has 0 aliphatic carbocycles. The van der Waals surface area contributed by atoms with Crippen molar-refractivity contribution in [3.8, 4) is 5.75 Å². The molecule has 0 heterocycles. The highest BCUT2D eigenvalue weighted by Gasteiger charge is 2.09. The van der Waals surface area contributed by atoms with Gasteiger partial charge in [-0.2, -0.15) is 0 Å². The van der Waals surface area contributed by atoms with Crippen LogP contribution < -0.4 is 16.0 Å². The van der Waals surface area contributed by atoms with Crippen LogP contribution in [0, 0.1) is 0 Å². The van der Waals surface area contributed by atoms with Crippen molar-refractivity contribution in [3.63, 3.8) is 0 Å². The Kier molecular flexibility index (Phi) is 5.47. The molecule has 7 heteroatoms. The zero-order valence-corrected chi connectivity index (χ0v) is 13.8. The highest BCUT2D eigenvalue weighted by Crippen LogP contribution is 2.28. The maximum absolute atomic E-state index is 11.4. The van der Waals surface area contributed by atoms with Gasteiger partial charge in [0.1, 0.15) is 12.4 Å². The third-order valence-electron chi connectivity index (χ3n) is 2.72. The summed E-state index contributed by atoms with van der Waals surface area (Å²) in [4.78, 5) is 11.4. The van der Waals surface area contributed by atoms with Gasteiger partial charge in [0.25, 0.3) is 5.91 Å². The molecule has 21 heavy (non-hydrogen) atoms. The molecule has 0 aromatic heterocycles. The number of hydrazine groups is 1. The van der Waals surface area contributed by atoms with Crippen LogP contribution in [0.3, 0.4) is 0 Å². The average Bonchev–Trinajstić information content (AvgIpc) is 2.46. The molecule has 0 aliphatic rings. The molecule has 0 aliphatic heterocycles. The fourth-order valence-electron chi connectivity index (χ4n) is 1.64. The normalized spacial score (nSPS) is 10.3. The van der Waals surface area contributed by atoms with Crippen molar-refractivity contribution in [1.82, 2.24) is 5.43 Å². The summed E-state index contributed by atoms with van der Waals surface area (Å²) >= 11 is 15.3. The molecule has 0 atom stereocenters. The summed E-state index contributed by atoms with van der Waals surface area (Å²) in [5.41, 5.74) is 3.32. The predicted octanol–water partition coefficient (Wildman–Crippen LogP) is 3.94. The summed E-state index contributed by atoms with van der Waals surface area (Å²) in [7, 11) is 0. The summed E-state index contributed by atoms with van der Waals surface area (Å²) in [5, 5.41) is 1.11. The Morgan fingerprint density at radius 1 is 1.24 bits per heavy atom. The Morgan fingerprint density at radius 2 is 2.00 bits per heavy atom. The molecule has 0 radical (unpaired) electrons. The van der Waals surface area contributed by atoms with Gasteiger partial charge in [0.15, 0.2) is 0 Å². The molecular formula is C14H11BrCl2N2O2. The Morgan fingerprint density at radius 3 is 2.62 bits per heavy atom. The standard InChI is InChI=1S/C14H11BrCl2N2O2/c15-11-5-8(14(20)19-18)2-4-13(11)21-7-9-1-3-10(16)6-12(9)17/h1-6H,7,18H2,(H,19,20). The third-order valence-corrected chi connectivity index (χ3v) is 3.93. The van der Waals surface area contributed by atoms with Gasteiger partial charge in [0, 0.05) is 21.2 Å². The number of hydrogen-bond acceptors (Lipinski definition) is 3. The first kappa shape index (κ1) is 16.1. The minimum atomic E-state index is -0.372. The van der Waals surface area contributed by atoms with Crippen molar-refractivity contribution in [2.75, 3.05) is 0 Å². The highest BCUT2D eigenvalue weighted by molar-refractivity contribution is 9.10. The minimum absolute atomic E-state index is 0.289. The van der Waals surface area contributed by atoms with Gasteiger partial charge in [-0.3, -0.25) is 10.2 Å². The van der Waals surface area contributed by atoms with Gasteiger partial charge in [-0.1, -0.05) is 29.3 Å². The Labute approximate surface area is 140 Å². The average molecular weight is 390 g/mol. The maximum Gasteiger partial charge on any atom is 0.265 e. The Bertz CT molecular complexity index is 680. The van der Waals surface area contributed by atoms with Crippen molar-refractivity contribution in [2.24, 2.45) is 5.84 Å². The van der Waals surface area contributed by atoms with Crippen molar-refractivity contribution in [3.05, 3.63) is 62.0 Å². The van der Waals surface area contributed by atoms with Crippen LogP contribution in [0.25, 0.3) is 0 Å². The van der Waals surface area contributed by atoms with Crippen LogP contribution in [0.1, 0.15) is 15.9 Å². The second-order valence-electron chi connectivity index (χ2n) is 4.14. The lowest BCUT2D eigenvalue weighted by molar-refractivity contribution is 0.0953. The van der Waals surface area contributed by atoms with Crippen LogP contribution in [0.4, 0.5) is 0 Å². The van der Waals surface area contributed by atoms with E-state index in [0.717, 1.165) is 5.56 Å². The van der Waals surface area contributed by atoms with Crippen molar-refractivity contribution >= 4 is 45.0 Å². The molecule has 4 nitrogen and oxygen atoms in total. The van der Waals surface area contributed by atoms with Crippen molar-refractivity contribution in [1.29, 1.82) is 0 Å². The molecule has 0 saturated heterocycles. The third kappa shape index (κ3) is 4.11. The molecule has 0 unspecified atom stereocenters. The van der Waals surface area contributed by atoms with Crippen LogP contribution in [-0.4, -0.2) is 5.91 Å². The second-order valence-corrected chi connectivity index (χ2v) is 5.84. The molecule has 3 N–H and O–H groups in total. The van der Waals surface area contributed by atoms with E-state index >= 15 is 0 Å². The SMILES string of the molecule is NNC(=O)c1ccc(OCc2ccc(Cl)cc2Cl)c(Br)c1. The number of carbonyl (C=O) groups is 1. The lowest BCUT2D eigenvalue weighted by Crippen LogP contribution is -2.29. The first-order valence-corrected chi connectivity index (χ1v) is 7.43. The van der Waals surface area contributed by atoms with Crippen molar-refractivity contribution < 1.29 is 9.53 Å². The van der Waals surface area contributed by atoms with Gasteiger partial charge in [-0.05, 0) is 46.3 Å². The van der Waals surface area contributed by atoms with Gasteiger partial charge in [-0.15, -0.1) is 0 Å². The number of halogens is 3.